The molecule has 0 saturated heterocycles. The van der Waals surface area contributed by atoms with Crippen LogP contribution in [0.15, 0.2) is 65.6 Å². The lowest BCUT2D eigenvalue weighted by Gasteiger charge is -2.25. The van der Waals surface area contributed by atoms with E-state index < -0.39 is 10.0 Å². The first-order chi connectivity index (χ1) is 15.8. The Bertz CT molecular complexity index is 1320. The normalized spacial score (nSPS) is 13.0. The highest BCUT2D eigenvalue weighted by Gasteiger charge is 2.32. The van der Waals surface area contributed by atoms with Crippen molar-refractivity contribution in [3.05, 3.63) is 82.9 Å². The van der Waals surface area contributed by atoms with Gasteiger partial charge in [-0.1, -0.05) is 35.9 Å². The molecule has 0 aliphatic carbocycles. The maximum absolute atomic E-state index is 13.6. The summed E-state index contributed by atoms with van der Waals surface area (Å²) in [5, 5.41) is 0. The average Bonchev–Trinajstić information content (AvgIpc) is 3.25. The number of carbonyl (C=O) groups excluding carboxylic acids is 1. The molecule has 4 rings (SSSR count). The standard InChI is InChI=1S/C26H28N2O4S/c1-5-27(23-12-10-18(2)16-19(23)3)26(29)22-17-21(11-13-25(22)32-4)33(30,31)28-15-14-20-8-6-7-9-24(20)28/h6-13,16-17H,5,14-15H2,1-4H3. The lowest BCUT2D eigenvalue weighted by atomic mass is 10.1. The third-order valence-electron chi connectivity index (χ3n) is 6.04. The number of aryl methyl sites for hydroxylation is 2. The number of rotatable bonds is 6. The van der Waals surface area contributed by atoms with Gasteiger partial charge in [0.1, 0.15) is 5.75 Å². The van der Waals surface area contributed by atoms with Crippen LogP contribution in [-0.4, -0.2) is 34.5 Å². The molecule has 0 atom stereocenters. The van der Waals surface area contributed by atoms with E-state index in [0.717, 1.165) is 22.4 Å². The van der Waals surface area contributed by atoms with Gasteiger partial charge in [0, 0.05) is 18.8 Å². The van der Waals surface area contributed by atoms with Crippen molar-refractivity contribution in [2.24, 2.45) is 0 Å². The number of benzene rings is 3. The van der Waals surface area contributed by atoms with E-state index in [4.69, 9.17) is 4.74 Å². The molecular formula is C26H28N2O4S. The predicted octanol–water partition coefficient (Wildman–Crippen LogP) is 4.73. The molecule has 3 aromatic rings. The van der Waals surface area contributed by atoms with Gasteiger partial charge in [-0.05, 0) is 68.7 Å². The fraction of sp³-hybridized carbons (Fsp3) is 0.269. The Labute approximate surface area is 195 Å². The molecule has 0 aromatic heterocycles. The van der Waals surface area contributed by atoms with Gasteiger partial charge in [0.25, 0.3) is 15.9 Å². The highest BCUT2D eigenvalue weighted by Crippen LogP contribution is 2.34. The van der Waals surface area contributed by atoms with Gasteiger partial charge in [-0.2, -0.15) is 0 Å². The smallest absolute Gasteiger partial charge is 0.264 e. The van der Waals surface area contributed by atoms with Crippen LogP contribution in [0.25, 0.3) is 0 Å². The lowest BCUT2D eigenvalue weighted by Crippen LogP contribution is -2.32. The Balaban J connectivity index is 1.76. The maximum Gasteiger partial charge on any atom is 0.264 e. The number of hydrogen-bond acceptors (Lipinski definition) is 4. The molecule has 0 fully saturated rings. The van der Waals surface area contributed by atoms with E-state index >= 15 is 0 Å². The Morgan fingerprint density at radius 3 is 2.52 bits per heavy atom. The van der Waals surface area contributed by atoms with Gasteiger partial charge in [-0.3, -0.25) is 9.10 Å². The van der Waals surface area contributed by atoms with Crippen molar-refractivity contribution in [1.82, 2.24) is 0 Å². The summed E-state index contributed by atoms with van der Waals surface area (Å²) in [4.78, 5) is 15.3. The molecule has 1 aliphatic rings. The monoisotopic (exact) mass is 464 g/mol. The number of anilines is 2. The molecule has 0 N–H and O–H groups in total. The second kappa shape index (κ2) is 8.90. The van der Waals surface area contributed by atoms with Crippen molar-refractivity contribution in [2.45, 2.75) is 32.1 Å². The van der Waals surface area contributed by atoms with Crippen molar-refractivity contribution in [2.75, 3.05) is 29.4 Å². The predicted molar refractivity (Wildman–Crippen MR) is 131 cm³/mol. The highest BCUT2D eigenvalue weighted by molar-refractivity contribution is 7.92. The van der Waals surface area contributed by atoms with Crippen LogP contribution >= 0.6 is 0 Å². The minimum atomic E-state index is -3.84. The van der Waals surface area contributed by atoms with Crippen molar-refractivity contribution in [3.63, 3.8) is 0 Å². The van der Waals surface area contributed by atoms with Gasteiger partial charge in [0.05, 0.1) is 23.3 Å². The fourth-order valence-electron chi connectivity index (χ4n) is 4.38. The van der Waals surface area contributed by atoms with E-state index in [9.17, 15) is 13.2 Å². The van der Waals surface area contributed by atoms with Gasteiger partial charge < -0.3 is 9.64 Å². The van der Waals surface area contributed by atoms with Crippen molar-refractivity contribution in [1.29, 1.82) is 0 Å². The molecule has 3 aromatic carbocycles. The number of hydrogen-bond donors (Lipinski definition) is 0. The van der Waals surface area contributed by atoms with Crippen LogP contribution in [0.2, 0.25) is 0 Å². The molecule has 1 heterocycles. The minimum absolute atomic E-state index is 0.0695. The molecule has 1 amide bonds. The molecule has 0 unspecified atom stereocenters. The second-order valence-electron chi connectivity index (χ2n) is 8.16. The molecule has 0 spiro atoms. The van der Waals surface area contributed by atoms with Crippen LogP contribution < -0.4 is 13.9 Å². The molecule has 0 bridgehead atoms. The van der Waals surface area contributed by atoms with E-state index in [1.165, 1.54) is 23.5 Å². The number of fused-ring (bicyclic) bond motifs is 1. The highest BCUT2D eigenvalue weighted by atomic mass is 32.2. The van der Waals surface area contributed by atoms with Crippen LogP contribution in [-0.2, 0) is 16.4 Å². The molecule has 0 radical (unpaired) electrons. The zero-order valence-electron chi connectivity index (χ0n) is 19.3. The first-order valence-corrected chi connectivity index (χ1v) is 12.4. The number of carbonyl (C=O) groups is 1. The Kier molecular flexibility index (Phi) is 6.17. The molecule has 1 aliphatic heterocycles. The van der Waals surface area contributed by atoms with Crippen molar-refractivity contribution in [3.8, 4) is 5.75 Å². The van der Waals surface area contributed by atoms with Crippen LogP contribution in [0.5, 0.6) is 5.75 Å². The van der Waals surface area contributed by atoms with E-state index in [1.807, 2.05) is 63.2 Å². The number of nitrogens with zero attached hydrogens (tertiary/aromatic N) is 2. The summed E-state index contributed by atoms with van der Waals surface area (Å²) in [6.07, 6.45) is 0.660. The van der Waals surface area contributed by atoms with Crippen molar-refractivity contribution < 1.29 is 17.9 Å². The van der Waals surface area contributed by atoms with E-state index in [1.54, 1.807) is 11.0 Å². The summed E-state index contributed by atoms with van der Waals surface area (Å²) in [6.45, 7) is 6.67. The van der Waals surface area contributed by atoms with Crippen molar-refractivity contribution >= 4 is 27.3 Å². The zero-order chi connectivity index (χ0) is 23.8. The number of sulfonamides is 1. The van der Waals surface area contributed by atoms with Gasteiger partial charge in [-0.25, -0.2) is 8.42 Å². The number of amides is 1. The Hall–Kier alpha value is -3.32. The molecule has 33 heavy (non-hydrogen) atoms. The summed E-state index contributed by atoms with van der Waals surface area (Å²) in [7, 11) is -2.36. The maximum atomic E-state index is 13.6. The largest absolute Gasteiger partial charge is 0.496 e. The third kappa shape index (κ3) is 4.09. The Morgan fingerprint density at radius 1 is 1.06 bits per heavy atom. The van der Waals surface area contributed by atoms with Gasteiger partial charge in [-0.15, -0.1) is 0 Å². The molecule has 172 valence electrons. The molecule has 0 saturated carbocycles. The van der Waals surface area contributed by atoms with Crippen LogP contribution in [0.3, 0.4) is 0 Å². The molecule has 6 nitrogen and oxygen atoms in total. The van der Waals surface area contributed by atoms with E-state index in [-0.39, 0.29) is 16.4 Å². The fourth-order valence-corrected chi connectivity index (χ4v) is 5.91. The quantitative estimate of drug-likeness (QED) is 0.529. The van der Waals surface area contributed by atoms with Gasteiger partial charge in [0.2, 0.25) is 0 Å². The lowest BCUT2D eigenvalue weighted by molar-refractivity contribution is 0.0985. The average molecular weight is 465 g/mol. The zero-order valence-corrected chi connectivity index (χ0v) is 20.1. The first-order valence-electron chi connectivity index (χ1n) is 11.0. The topological polar surface area (TPSA) is 66.9 Å². The molecule has 7 heteroatoms. The Morgan fingerprint density at radius 2 is 1.82 bits per heavy atom. The number of para-hydroxylation sites is 1. The van der Waals surface area contributed by atoms with Crippen LogP contribution in [0.1, 0.15) is 34.0 Å². The summed E-state index contributed by atoms with van der Waals surface area (Å²) in [5.74, 6) is 0.0316. The SMILES string of the molecule is CCN(C(=O)c1cc(S(=O)(=O)N2CCc3ccccc32)ccc1OC)c1ccc(C)cc1C. The second-order valence-corrected chi connectivity index (χ2v) is 10.0. The van der Waals surface area contributed by atoms with Crippen LogP contribution in [0, 0.1) is 13.8 Å². The van der Waals surface area contributed by atoms with Gasteiger partial charge >= 0.3 is 0 Å². The number of methoxy groups -OCH3 is 1. The third-order valence-corrected chi connectivity index (χ3v) is 7.85. The summed E-state index contributed by atoms with van der Waals surface area (Å²) >= 11 is 0. The summed E-state index contributed by atoms with van der Waals surface area (Å²) < 4.78 is 33.9. The summed E-state index contributed by atoms with van der Waals surface area (Å²) in [6, 6.07) is 17.9. The van der Waals surface area contributed by atoms with E-state index in [0.29, 0.717) is 30.9 Å². The number of ether oxygens (including phenoxy) is 1. The summed E-state index contributed by atoms with van der Waals surface area (Å²) in [5.41, 5.74) is 4.77. The van der Waals surface area contributed by atoms with E-state index in [2.05, 4.69) is 0 Å². The van der Waals surface area contributed by atoms with Gasteiger partial charge in [0.15, 0.2) is 0 Å². The van der Waals surface area contributed by atoms with Crippen LogP contribution in [0.4, 0.5) is 11.4 Å². The molecular weight excluding hydrogens is 436 g/mol. The first kappa shape index (κ1) is 22.9. The minimum Gasteiger partial charge on any atom is -0.496 e.